The summed E-state index contributed by atoms with van der Waals surface area (Å²) in [5.74, 6) is -0.311. The van der Waals surface area contributed by atoms with Crippen molar-refractivity contribution in [1.29, 1.82) is 0 Å². The quantitative estimate of drug-likeness (QED) is 0.460. The van der Waals surface area contributed by atoms with Crippen LogP contribution in [0.5, 0.6) is 0 Å². The van der Waals surface area contributed by atoms with Gasteiger partial charge in [0.2, 0.25) is 0 Å². The molecule has 0 spiro atoms. The number of piperidine rings is 1. The molecule has 2 heterocycles. The number of nitrogens with zero attached hydrogens (tertiary/aromatic N) is 1. The summed E-state index contributed by atoms with van der Waals surface area (Å²) in [6, 6.07) is 0. The summed E-state index contributed by atoms with van der Waals surface area (Å²) in [5.41, 5.74) is 0. The smallest absolute Gasteiger partial charge is 0.330 e. The summed E-state index contributed by atoms with van der Waals surface area (Å²) < 4.78 is 16.5. The van der Waals surface area contributed by atoms with Crippen molar-refractivity contribution in [2.45, 2.75) is 83.1 Å². The molecule has 2 rings (SSSR count). The largest absolute Gasteiger partial charge is 0.461 e. The van der Waals surface area contributed by atoms with Gasteiger partial charge in [0, 0.05) is 19.0 Å². The lowest BCUT2D eigenvalue weighted by molar-refractivity contribution is -0.273. The molecular formula is C20H35NO6. The van der Waals surface area contributed by atoms with E-state index in [2.05, 4.69) is 4.90 Å². The van der Waals surface area contributed by atoms with Gasteiger partial charge in [0.25, 0.3) is 0 Å². The molecule has 27 heavy (non-hydrogen) atoms. The maximum Gasteiger partial charge on any atom is 0.330 e. The average molecular weight is 386 g/mol. The Labute approximate surface area is 162 Å². The Morgan fingerprint density at radius 1 is 1.26 bits per heavy atom. The molecule has 0 aliphatic carbocycles. The number of aliphatic hydroxyl groups excluding tert-OH is 2. The van der Waals surface area contributed by atoms with Crippen molar-refractivity contribution in [3.8, 4) is 0 Å². The molecule has 2 saturated heterocycles. The molecule has 0 saturated carbocycles. The zero-order chi connectivity index (χ0) is 19.6. The van der Waals surface area contributed by atoms with Crippen LogP contribution in [0.4, 0.5) is 0 Å². The molecule has 0 amide bonds. The minimum atomic E-state index is -0.830. The van der Waals surface area contributed by atoms with Gasteiger partial charge >= 0.3 is 5.97 Å². The molecule has 2 aliphatic rings. The lowest BCUT2D eigenvalue weighted by Gasteiger charge is -2.36. The third-order valence-electron chi connectivity index (χ3n) is 5.15. The van der Waals surface area contributed by atoms with Crippen molar-refractivity contribution < 1.29 is 29.2 Å². The van der Waals surface area contributed by atoms with Crippen LogP contribution < -0.4 is 0 Å². The number of aliphatic hydroxyl groups is 2. The third-order valence-corrected chi connectivity index (χ3v) is 5.15. The maximum absolute atomic E-state index is 11.7. The van der Waals surface area contributed by atoms with Crippen LogP contribution in [0.2, 0.25) is 0 Å². The van der Waals surface area contributed by atoms with Gasteiger partial charge in [-0.3, -0.25) is 4.90 Å². The molecule has 7 heteroatoms. The fourth-order valence-electron chi connectivity index (χ4n) is 3.38. The van der Waals surface area contributed by atoms with Gasteiger partial charge in [0.05, 0.1) is 18.3 Å². The predicted molar refractivity (Wildman–Crippen MR) is 101 cm³/mol. The first-order chi connectivity index (χ1) is 13.0. The van der Waals surface area contributed by atoms with E-state index in [-0.39, 0.29) is 24.6 Å². The van der Waals surface area contributed by atoms with Crippen LogP contribution in [-0.2, 0) is 19.0 Å². The maximum atomic E-state index is 11.7. The van der Waals surface area contributed by atoms with Gasteiger partial charge in [-0.15, -0.1) is 0 Å². The monoisotopic (exact) mass is 385 g/mol. The zero-order valence-corrected chi connectivity index (χ0v) is 16.6. The number of ether oxygens (including phenoxy) is 3. The molecule has 156 valence electrons. The lowest BCUT2D eigenvalue weighted by Crippen LogP contribution is -2.48. The molecule has 0 aromatic carbocycles. The van der Waals surface area contributed by atoms with Crippen molar-refractivity contribution in [1.82, 2.24) is 4.90 Å². The van der Waals surface area contributed by atoms with Gasteiger partial charge in [-0.2, -0.15) is 0 Å². The highest BCUT2D eigenvalue weighted by molar-refractivity contribution is 5.81. The van der Waals surface area contributed by atoms with E-state index in [1.54, 1.807) is 13.0 Å². The topological polar surface area (TPSA) is 88.5 Å². The third kappa shape index (κ3) is 8.27. The van der Waals surface area contributed by atoms with Crippen LogP contribution in [0, 0.1) is 0 Å². The van der Waals surface area contributed by atoms with Gasteiger partial charge in [-0.05, 0) is 52.6 Å². The number of hydrogen-bond acceptors (Lipinski definition) is 7. The first-order valence-corrected chi connectivity index (χ1v) is 10.2. The van der Waals surface area contributed by atoms with Crippen molar-refractivity contribution >= 4 is 5.97 Å². The normalized spacial score (nSPS) is 31.1. The molecule has 2 aliphatic heterocycles. The molecule has 7 nitrogen and oxygen atoms in total. The van der Waals surface area contributed by atoms with E-state index in [1.165, 1.54) is 25.3 Å². The van der Waals surface area contributed by atoms with E-state index in [4.69, 9.17) is 14.2 Å². The molecule has 0 aromatic heterocycles. The summed E-state index contributed by atoms with van der Waals surface area (Å²) >= 11 is 0. The SMILES string of the molecule is C[C@H](CC/C=C/C(=O)OCCN1CCCCC1)OC1O[C@@H](C)C(O)C[C@H]1O. The van der Waals surface area contributed by atoms with Crippen LogP contribution in [0.25, 0.3) is 0 Å². The fourth-order valence-corrected chi connectivity index (χ4v) is 3.38. The Bertz CT molecular complexity index is 465. The summed E-state index contributed by atoms with van der Waals surface area (Å²) in [5, 5.41) is 19.6. The van der Waals surface area contributed by atoms with E-state index < -0.39 is 18.5 Å². The minimum Gasteiger partial charge on any atom is -0.461 e. The molecule has 0 bridgehead atoms. The summed E-state index contributed by atoms with van der Waals surface area (Å²) in [6.45, 7) is 7.10. The number of likely N-dealkylation sites (tertiary alicyclic amines) is 1. The van der Waals surface area contributed by atoms with E-state index in [9.17, 15) is 15.0 Å². The van der Waals surface area contributed by atoms with E-state index in [1.807, 2.05) is 6.92 Å². The van der Waals surface area contributed by atoms with E-state index >= 15 is 0 Å². The molecule has 2 unspecified atom stereocenters. The second-order valence-corrected chi connectivity index (χ2v) is 7.58. The number of esters is 1. The number of hydrogen-bond donors (Lipinski definition) is 2. The Morgan fingerprint density at radius 3 is 2.74 bits per heavy atom. The number of carbonyl (C=O) groups is 1. The van der Waals surface area contributed by atoms with Crippen LogP contribution in [-0.4, -0.2) is 78.0 Å². The summed E-state index contributed by atoms with van der Waals surface area (Å²) in [6.07, 6.45) is 5.93. The molecule has 0 radical (unpaired) electrons. The Hall–Kier alpha value is -0.990. The molecule has 2 N–H and O–H groups in total. The van der Waals surface area contributed by atoms with Crippen LogP contribution in [0.15, 0.2) is 12.2 Å². The number of allylic oxidation sites excluding steroid dienone is 1. The zero-order valence-electron chi connectivity index (χ0n) is 16.6. The van der Waals surface area contributed by atoms with Gasteiger partial charge in [0.1, 0.15) is 12.7 Å². The van der Waals surface area contributed by atoms with Gasteiger partial charge in [-0.25, -0.2) is 4.79 Å². The second-order valence-electron chi connectivity index (χ2n) is 7.58. The van der Waals surface area contributed by atoms with Crippen molar-refractivity contribution in [2.24, 2.45) is 0 Å². The molecule has 2 fully saturated rings. The van der Waals surface area contributed by atoms with Crippen LogP contribution >= 0.6 is 0 Å². The van der Waals surface area contributed by atoms with Gasteiger partial charge < -0.3 is 24.4 Å². The predicted octanol–water partition coefficient (Wildman–Crippen LogP) is 1.61. The first-order valence-electron chi connectivity index (χ1n) is 10.2. The van der Waals surface area contributed by atoms with Crippen molar-refractivity contribution in [2.75, 3.05) is 26.2 Å². The first kappa shape index (κ1) is 22.3. The molecule has 0 aromatic rings. The standard InChI is InChI=1S/C20H35NO6/c1-15(26-20-18(23)14-17(22)16(2)27-20)8-4-5-9-19(24)25-13-12-21-10-6-3-7-11-21/h5,9,15-18,20,22-23H,3-4,6-8,10-14H2,1-2H3/b9-5+/t15-,16+,17?,18-,20?/m1/s1. The number of carbonyl (C=O) groups excluding carboxylic acids is 1. The highest BCUT2D eigenvalue weighted by Crippen LogP contribution is 2.22. The molecule has 5 atom stereocenters. The van der Waals surface area contributed by atoms with E-state index in [0.717, 1.165) is 19.6 Å². The van der Waals surface area contributed by atoms with Crippen LogP contribution in [0.1, 0.15) is 52.4 Å². The van der Waals surface area contributed by atoms with E-state index in [0.29, 0.717) is 19.4 Å². The summed E-state index contributed by atoms with van der Waals surface area (Å²) in [4.78, 5) is 14.1. The molecular weight excluding hydrogens is 350 g/mol. The Kier molecular flexibility index (Phi) is 9.72. The highest BCUT2D eigenvalue weighted by Gasteiger charge is 2.35. The summed E-state index contributed by atoms with van der Waals surface area (Å²) in [7, 11) is 0. The minimum absolute atomic E-state index is 0.133. The van der Waals surface area contributed by atoms with Gasteiger partial charge in [-0.1, -0.05) is 12.5 Å². The average Bonchev–Trinajstić information content (AvgIpc) is 2.64. The Balaban J connectivity index is 1.55. The lowest BCUT2D eigenvalue weighted by atomic mass is 10.0. The van der Waals surface area contributed by atoms with Crippen LogP contribution in [0.3, 0.4) is 0 Å². The van der Waals surface area contributed by atoms with Crippen molar-refractivity contribution in [3.05, 3.63) is 12.2 Å². The Morgan fingerprint density at radius 2 is 2.00 bits per heavy atom. The highest BCUT2D eigenvalue weighted by atomic mass is 16.7. The number of rotatable bonds is 9. The van der Waals surface area contributed by atoms with Crippen molar-refractivity contribution in [3.63, 3.8) is 0 Å². The fraction of sp³-hybridized carbons (Fsp3) is 0.850. The second kappa shape index (κ2) is 11.8. The van der Waals surface area contributed by atoms with Gasteiger partial charge in [0.15, 0.2) is 6.29 Å².